The number of urea groups is 1. The summed E-state index contributed by atoms with van der Waals surface area (Å²) in [5.41, 5.74) is -0.811. The van der Waals surface area contributed by atoms with Gasteiger partial charge in [-0.25, -0.2) is 4.79 Å². The molecule has 4 rings (SSSR count). The molecule has 0 aromatic heterocycles. The van der Waals surface area contributed by atoms with Crippen molar-refractivity contribution in [3.8, 4) is 0 Å². The van der Waals surface area contributed by atoms with Crippen LogP contribution in [0.5, 0.6) is 0 Å². The Balaban J connectivity index is 1.32. The van der Waals surface area contributed by atoms with Gasteiger partial charge in [-0.05, 0) is 36.8 Å². The van der Waals surface area contributed by atoms with Crippen molar-refractivity contribution in [2.45, 2.75) is 56.3 Å². The molecule has 7 nitrogen and oxygen atoms in total. The van der Waals surface area contributed by atoms with E-state index in [-0.39, 0.29) is 75.3 Å². The summed E-state index contributed by atoms with van der Waals surface area (Å²) in [6.45, 7) is 0.601. The first-order chi connectivity index (χ1) is 16.9. The fourth-order valence-corrected chi connectivity index (χ4v) is 5.13. The number of piperidine rings is 2. The largest absolute Gasteiger partial charge is 0.416 e. The zero-order chi connectivity index (χ0) is 26.1. The van der Waals surface area contributed by atoms with Crippen LogP contribution in [0.2, 0.25) is 0 Å². The van der Waals surface area contributed by atoms with Gasteiger partial charge in [0.2, 0.25) is 5.91 Å². The van der Waals surface area contributed by atoms with Crippen LogP contribution in [0.4, 0.5) is 31.1 Å². The average molecular weight is 522 g/mol. The molecule has 2 unspecified atom stereocenters. The highest BCUT2D eigenvalue weighted by Crippen LogP contribution is 2.33. The molecule has 3 fully saturated rings. The Kier molecular flexibility index (Phi) is 7.69. The fourth-order valence-electron chi connectivity index (χ4n) is 5.13. The molecule has 1 aromatic rings. The number of nitrogens with zero attached hydrogens (tertiary/aromatic N) is 2. The predicted molar refractivity (Wildman–Crippen MR) is 116 cm³/mol. The van der Waals surface area contributed by atoms with E-state index in [0.717, 1.165) is 12.1 Å². The fraction of sp³-hybridized carbons (Fsp3) is 0.652. The van der Waals surface area contributed by atoms with Gasteiger partial charge in [-0.15, -0.1) is 0 Å². The third kappa shape index (κ3) is 6.23. The smallest absolute Gasteiger partial charge is 0.366 e. The molecule has 36 heavy (non-hydrogen) atoms. The summed E-state index contributed by atoms with van der Waals surface area (Å²) in [5.74, 6) is -1.07. The summed E-state index contributed by atoms with van der Waals surface area (Å²) in [4.78, 5) is 27.7. The summed E-state index contributed by atoms with van der Waals surface area (Å²) >= 11 is 0. The molecule has 3 aliphatic heterocycles. The molecular formula is C23H28F6N4O3. The molecule has 13 heteroatoms. The lowest BCUT2D eigenvalue weighted by Crippen LogP contribution is -2.62. The Hall–Kier alpha value is -2.54. The number of alkyl halides is 6. The van der Waals surface area contributed by atoms with Crippen molar-refractivity contribution < 1.29 is 40.7 Å². The van der Waals surface area contributed by atoms with Crippen molar-refractivity contribution >= 4 is 11.9 Å². The van der Waals surface area contributed by atoms with Gasteiger partial charge in [-0.2, -0.15) is 26.3 Å². The maximum Gasteiger partial charge on any atom is 0.416 e. The van der Waals surface area contributed by atoms with Crippen LogP contribution in [0.3, 0.4) is 0 Å². The molecule has 200 valence electrons. The van der Waals surface area contributed by atoms with Crippen LogP contribution >= 0.6 is 0 Å². The van der Waals surface area contributed by atoms with Crippen molar-refractivity contribution in [2.75, 3.05) is 32.8 Å². The van der Waals surface area contributed by atoms with E-state index in [9.17, 15) is 35.9 Å². The number of ether oxygens (including phenoxy) is 1. The Labute approximate surface area is 204 Å². The van der Waals surface area contributed by atoms with E-state index in [1.807, 2.05) is 0 Å². The zero-order valence-electron chi connectivity index (χ0n) is 19.4. The van der Waals surface area contributed by atoms with Gasteiger partial charge in [0.25, 0.3) is 0 Å². The molecule has 3 atom stereocenters. The molecule has 2 N–H and O–H groups in total. The van der Waals surface area contributed by atoms with Gasteiger partial charge >= 0.3 is 18.4 Å². The number of morpholine rings is 1. The van der Waals surface area contributed by atoms with Crippen LogP contribution in [-0.2, 0) is 22.3 Å². The van der Waals surface area contributed by atoms with E-state index in [2.05, 4.69) is 10.6 Å². The summed E-state index contributed by atoms with van der Waals surface area (Å²) in [6.07, 6.45) is -8.57. The lowest BCUT2D eigenvalue weighted by atomic mass is 9.88. The van der Waals surface area contributed by atoms with Gasteiger partial charge in [-0.3, -0.25) is 4.79 Å². The number of fused-ring (bicyclic) bond motifs is 1. The standard InChI is InChI=1S/C23H28F6N4O3/c24-22(25,26)16-3-1-2-14(10-16)11-30-20(23(27,28)29)15-4-7-32(8-5-15)21(35)33-9-6-18-17(12-33)31-19(34)13-36-18/h1-3,10,15,17-18,20,30H,4-9,11-13H2,(H,31,34)/t17-,18?,20?/m1/s1. The first kappa shape index (κ1) is 26.5. The van der Waals surface area contributed by atoms with Crippen LogP contribution in [0.25, 0.3) is 0 Å². The monoisotopic (exact) mass is 522 g/mol. The van der Waals surface area contributed by atoms with Crippen LogP contribution < -0.4 is 10.6 Å². The number of carbonyl (C=O) groups is 2. The number of rotatable bonds is 4. The number of amides is 3. The van der Waals surface area contributed by atoms with Crippen LogP contribution in [0.15, 0.2) is 24.3 Å². The normalized spacial score (nSPS) is 24.8. The van der Waals surface area contributed by atoms with E-state index < -0.39 is 29.9 Å². The van der Waals surface area contributed by atoms with Crippen LogP contribution in [0.1, 0.15) is 30.4 Å². The second-order valence-electron chi connectivity index (χ2n) is 9.46. The maximum absolute atomic E-state index is 13.8. The Bertz CT molecular complexity index is 949. The number of nitrogens with one attached hydrogen (secondary N) is 2. The van der Waals surface area contributed by atoms with Crippen molar-refractivity contribution in [3.05, 3.63) is 35.4 Å². The predicted octanol–water partition coefficient (Wildman–Crippen LogP) is 3.15. The first-order valence-corrected chi connectivity index (χ1v) is 11.8. The summed E-state index contributed by atoms with van der Waals surface area (Å²) in [7, 11) is 0. The minimum absolute atomic E-state index is 0.00913. The highest BCUT2D eigenvalue weighted by Gasteiger charge is 2.46. The number of halogens is 6. The minimum Gasteiger partial charge on any atom is -0.366 e. The summed E-state index contributed by atoms with van der Waals surface area (Å²) < 4.78 is 85.8. The maximum atomic E-state index is 13.8. The van der Waals surface area contributed by atoms with Crippen molar-refractivity contribution in [3.63, 3.8) is 0 Å². The van der Waals surface area contributed by atoms with Gasteiger partial charge < -0.3 is 25.2 Å². The number of hydrogen-bond acceptors (Lipinski definition) is 4. The molecule has 0 radical (unpaired) electrons. The highest BCUT2D eigenvalue weighted by molar-refractivity contribution is 5.79. The molecule has 3 saturated heterocycles. The Morgan fingerprint density at radius 3 is 2.44 bits per heavy atom. The lowest BCUT2D eigenvalue weighted by molar-refractivity contribution is -0.171. The lowest BCUT2D eigenvalue weighted by Gasteiger charge is -2.44. The van der Waals surface area contributed by atoms with E-state index >= 15 is 0 Å². The van der Waals surface area contributed by atoms with E-state index in [1.165, 1.54) is 17.0 Å². The van der Waals surface area contributed by atoms with E-state index in [0.29, 0.717) is 13.0 Å². The van der Waals surface area contributed by atoms with Gasteiger partial charge in [0, 0.05) is 32.7 Å². The molecule has 0 saturated carbocycles. The zero-order valence-corrected chi connectivity index (χ0v) is 19.4. The van der Waals surface area contributed by atoms with Crippen LogP contribution in [-0.4, -0.2) is 78.9 Å². The first-order valence-electron chi connectivity index (χ1n) is 11.8. The quantitative estimate of drug-likeness (QED) is 0.597. The van der Waals surface area contributed by atoms with E-state index in [1.54, 1.807) is 4.90 Å². The summed E-state index contributed by atoms with van der Waals surface area (Å²) in [6, 6.07) is 1.72. The van der Waals surface area contributed by atoms with Gasteiger partial charge in [-0.1, -0.05) is 18.2 Å². The van der Waals surface area contributed by atoms with Gasteiger partial charge in [0.05, 0.1) is 17.7 Å². The number of hydrogen-bond donors (Lipinski definition) is 2. The number of carbonyl (C=O) groups excluding carboxylic acids is 2. The average Bonchev–Trinajstić information content (AvgIpc) is 2.82. The second kappa shape index (κ2) is 10.4. The molecule has 0 bridgehead atoms. The molecule has 0 spiro atoms. The number of benzene rings is 1. The molecular weight excluding hydrogens is 494 g/mol. The highest BCUT2D eigenvalue weighted by atomic mass is 19.4. The molecule has 0 aliphatic carbocycles. The topological polar surface area (TPSA) is 73.9 Å². The Morgan fingerprint density at radius 2 is 1.78 bits per heavy atom. The Morgan fingerprint density at radius 1 is 1.08 bits per heavy atom. The van der Waals surface area contributed by atoms with Gasteiger partial charge in [0.1, 0.15) is 12.6 Å². The summed E-state index contributed by atoms with van der Waals surface area (Å²) in [5, 5.41) is 5.22. The van der Waals surface area contributed by atoms with Gasteiger partial charge in [0.15, 0.2) is 0 Å². The van der Waals surface area contributed by atoms with Crippen molar-refractivity contribution in [1.29, 1.82) is 0 Å². The minimum atomic E-state index is -4.60. The third-order valence-corrected chi connectivity index (χ3v) is 7.01. The molecule has 3 heterocycles. The van der Waals surface area contributed by atoms with Crippen molar-refractivity contribution in [2.24, 2.45) is 5.92 Å². The SMILES string of the molecule is O=C1COC2CCN(C(=O)N3CCC(C(NCc4cccc(C(F)(F)F)c4)C(F)(F)F)CC3)C[C@H]2N1. The molecule has 3 amide bonds. The van der Waals surface area contributed by atoms with Crippen LogP contribution in [0, 0.1) is 5.92 Å². The number of likely N-dealkylation sites (tertiary alicyclic amines) is 2. The molecule has 3 aliphatic rings. The van der Waals surface area contributed by atoms with Crippen molar-refractivity contribution in [1.82, 2.24) is 20.4 Å². The third-order valence-electron chi connectivity index (χ3n) is 7.01. The second-order valence-corrected chi connectivity index (χ2v) is 9.46. The molecule has 1 aromatic carbocycles. The van der Waals surface area contributed by atoms with E-state index in [4.69, 9.17) is 4.74 Å².